The van der Waals surface area contributed by atoms with Gasteiger partial charge in [0.2, 0.25) is 0 Å². The summed E-state index contributed by atoms with van der Waals surface area (Å²) < 4.78 is 45.4. The highest BCUT2D eigenvalue weighted by Gasteiger charge is 2.21. The molecule has 1 fully saturated rings. The molecule has 0 unspecified atom stereocenters. The summed E-state index contributed by atoms with van der Waals surface area (Å²) in [5.41, 5.74) is 6.01. The maximum Gasteiger partial charge on any atom is 0.194 e. The van der Waals surface area contributed by atoms with Gasteiger partial charge >= 0.3 is 0 Å². The largest absolute Gasteiger partial charge is 0.494 e. The fourth-order valence-electron chi connectivity index (χ4n) is 4.12. The van der Waals surface area contributed by atoms with Crippen molar-refractivity contribution >= 4 is 5.57 Å². The van der Waals surface area contributed by atoms with Crippen LogP contribution in [0.1, 0.15) is 42.9 Å². The molecule has 29 heavy (non-hydrogen) atoms. The molecule has 0 N–H and O–H groups in total. The highest BCUT2D eigenvalue weighted by Crippen LogP contribution is 2.34. The number of nitrogens with zero attached hydrogens (tertiary/aromatic N) is 1. The summed E-state index contributed by atoms with van der Waals surface area (Å²) >= 11 is 0. The number of ether oxygens (including phenoxy) is 1. The second kappa shape index (κ2) is 8.62. The lowest BCUT2D eigenvalue weighted by molar-refractivity contribution is 0.197. The van der Waals surface area contributed by atoms with Crippen molar-refractivity contribution < 1.29 is 17.9 Å². The molecule has 0 amide bonds. The van der Waals surface area contributed by atoms with Gasteiger partial charge in [-0.3, -0.25) is 4.90 Å². The first-order valence-corrected chi connectivity index (χ1v) is 10.3. The zero-order valence-electron chi connectivity index (χ0n) is 16.7. The fraction of sp³-hybridized carbons (Fsp3) is 0.417. The molecule has 5 heteroatoms. The van der Waals surface area contributed by atoms with E-state index in [4.69, 9.17) is 4.74 Å². The molecule has 4 rings (SSSR count). The summed E-state index contributed by atoms with van der Waals surface area (Å²) in [6, 6.07) is 8.33. The van der Waals surface area contributed by atoms with Gasteiger partial charge in [0, 0.05) is 6.54 Å². The summed E-state index contributed by atoms with van der Waals surface area (Å²) in [5.74, 6) is -2.89. The van der Waals surface area contributed by atoms with Crippen LogP contribution in [0.3, 0.4) is 0 Å². The smallest absolute Gasteiger partial charge is 0.194 e. The number of likely N-dealkylation sites (tertiary alicyclic amines) is 1. The van der Waals surface area contributed by atoms with Crippen LogP contribution in [0.25, 0.3) is 5.57 Å². The van der Waals surface area contributed by atoms with Gasteiger partial charge < -0.3 is 4.74 Å². The average Bonchev–Trinajstić information content (AvgIpc) is 2.67. The first kappa shape index (κ1) is 20.0. The van der Waals surface area contributed by atoms with Crippen LogP contribution in [-0.4, -0.2) is 31.1 Å². The van der Waals surface area contributed by atoms with Crippen LogP contribution in [0.2, 0.25) is 0 Å². The quantitative estimate of drug-likeness (QED) is 0.446. The normalized spacial score (nSPS) is 16.6. The number of fused-ring (bicyclic) bond motifs is 1. The first-order chi connectivity index (χ1) is 14.0. The Morgan fingerprint density at radius 1 is 1.00 bits per heavy atom. The number of rotatable bonds is 7. The maximum atomic E-state index is 13.3. The maximum absolute atomic E-state index is 13.3. The second-order valence-corrected chi connectivity index (χ2v) is 8.00. The molecule has 0 atom stereocenters. The van der Waals surface area contributed by atoms with E-state index in [0.29, 0.717) is 25.0 Å². The standard InChI is InChI=1S/C24H26F3NO/c1-16-19(15-28-9-3-10-28)6-5-18-14-20(7-8-21(16)18)29-11-2-4-17-12-22(25)24(27)23(26)13-17/h7-8,12-14H,2-6,9-11,15H2,1H3. The predicted octanol–water partition coefficient (Wildman–Crippen LogP) is 5.54. The number of hydrogen-bond donors (Lipinski definition) is 0. The molecular weight excluding hydrogens is 375 g/mol. The minimum absolute atomic E-state index is 0.431. The highest BCUT2D eigenvalue weighted by atomic mass is 19.2. The minimum Gasteiger partial charge on any atom is -0.494 e. The van der Waals surface area contributed by atoms with Crippen molar-refractivity contribution in [2.24, 2.45) is 0 Å². The molecule has 1 saturated heterocycles. The summed E-state index contributed by atoms with van der Waals surface area (Å²) in [5, 5.41) is 0. The third-order valence-electron chi connectivity index (χ3n) is 5.99. The van der Waals surface area contributed by atoms with Gasteiger partial charge in [0.1, 0.15) is 5.75 Å². The van der Waals surface area contributed by atoms with Crippen LogP contribution in [0, 0.1) is 17.5 Å². The molecule has 1 aliphatic carbocycles. The van der Waals surface area contributed by atoms with Gasteiger partial charge in [-0.15, -0.1) is 0 Å². The average molecular weight is 401 g/mol. The van der Waals surface area contributed by atoms with Crippen molar-refractivity contribution in [3.05, 3.63) is 70.0 Å². The number of hydrogen-bond acceptors (Lipinski definition) is 2. The first-order valence-electron chi connectivity index (χ1n) is 10.3. The summed E-state index contributed by atoms with van der Waals surface area (Å²) in [6.45, 7) is 6.18. The summed E-state index contributed by atoms with van der Waals surface area (Å²) in [6.07, 6.45) is 4.47. The van der Waals surface area contributed by atoms with Gasteiger partial charge in [-0.25, -0.2) is 13.2 Å². The van der Waals surface area contributed by atoms with Gasteiger partial charge in [0.05, 0.1) is 6.61 Å². The van der Waals surface area contributed by atoms with E-state index in [1.54, 1.807) is 5.57 Å². The number of allylic oxidation sites excluding steroid dienone is 1. The Labute approximate surface area is 170 Å². The molecule has 1 heterocycles. The zero-order chi connectivity index (χ0) is 20.4. The van der Waals surface area contributed by atoms with E-state index in [0.717, 1.165) is 37.3 Å². The van der Waals surface area contributed by atoms with E-state index < -0.39 is 17.5 Å². The second-order valence-electron chi connectivity index (χ2n) is 8.00. The van der Waals surface area contributed by atoms with E-state index in [2.05, 4.69) is 24.0 Å². The summed E-state index contributed by atoms with van der Waals surface area (Å²) in [7, 11) is 0. The molecule has 0 aromatic heterocycles. The minimum atomic E-state index is -1.42. The zero-order valence-corrected chi connectivity index (χ0v) is 16.7. The molecule has 2 nitrogen and oxygen atoms in total. The molecule has 2 aliphatic rings. The topological polar surface area (TPSA) is 12.5 Å². The van der Waals surface area contributed by atoms with Crippen molar-refractivity contribution in [3.8, 4) is 5.75 Å². The Hall–Kier alpha value is -2.27. The van der Waals surface area contributed by atoms with E-state index in [1.165, 1.54) is 36.2 Å². The SMILES string of the molecule is CC1=C(CN2CCC2)CCc2cc(OCCCc3cc(F)c(F)c(F)c3)ccc21. The van der Waals surface area contributed by atoms with E-state index in [-0.39, 0.29) is 0 Å². The van der Waals surface area contributed by atoms with Gasteiger partial charge in [-0.1, -0.05) is 11.6 Å². The number of benzene rings is 2. The summed E-state index contributed by atoms with van der Waals surface area (Å²) in [4.78, 5) is 2.50. The van der Waals surface area contributed by atoms with Crippen LogP contribution < -0.4 is 4.74 Å². The Balaban J connectivity index is 1.33. The van der Waals surface area contributed by atoms with E-state index in [1.807, 2.05) is 6.07 Å². The number of aryl methyl sites for hydroxylation is 2. The van der Waals surface area contributed by atoms with Crippen molar-refractivity contribution in [2.45, 2.75) is 39.0 Å². The highest BCUT2D eigenvalue weighted by molar-refractivity contribution is 5.72. The molecule has 2 aromatic rings. The molecule has 0 saturated carbocycles. The van der Waals surface area contributed by atoms with Gasteiger partial charge in [0.25, 0.3) is 0 Å². The lowest BCUT2D eigenvalue weighted by atomic mass is 9.85. The van der Waals surface area contributed by atoms with Crippen molar-refractivity contribution in [1.82, 2.24) is 4.90 Å². The fourth-order valence-corrected chi connectivity index (χ4v) is 4.12. The molecule has 1 aliphatic heterocycles. The van der Waals surface area contributed by atoms with Gasteiger partial charge in [-0.2, -0.15) is 0 Å². The van der Waals surface area contributed by atoms with Crippen molar-refractivity contribution in [3.63, 3.8) is 0 Å². The lowest BCUT2D eigenvalue weighted by Crippen LogP contribution is -2.38. The van der Waals surface area contributed by atoms with Gasteiger partial charge in [0.15, 0.2) is 17.5 Å². The molecule has 0 spiro atoms. The molecule has 154 valence electrons. The third-order valence-corrected chi connectivity index (χ3v) is 5.99. The Morgan fingerprint density at radius 2 is 1.76 bits per heavy atom. The molecule has 0 radical (unpaired) electrons. The Morgan fingerprint density at radius 3 is 2.45 bits per heavy atom. The predicted molar refractivity (Wildman–Crippen MR) is 109 cm³/mol. The van der Waals surface area contributed by atoms with Crippen molar-refractivity contribution in [1.29, 1.82) is 0 Å². The molecular formula is C24H26F3NO. The van der Waals surface area contributed by atoms with Crippen LogP contribution in [0.5, 0.6) is 5.75 Å². The lowest BCUT2D eigenvalue weighted by Gasteiger charge is -2.33. The van der Waals surface area contributed by atoms with Crippen LogP contribution in [-0.2, 0) is 12.8 Å². The van der Waals surface area contributed by atoms with Crippen LogP contribution in [0.15, 0.2) is 35.9 Å². The Bertz CT molecular complexity index is 911. The van der Waals surface area contributed by atoms with Crippen LogP contribution >= 0.6 is 0 Å². The van der Waals surface area contributed by atoms with Crippen LogP contribution in [0.4, 0.5) is 13.2 Å². The number of halogens is 3. The van der Waals surface area contributed by atoms with E-state index in [9.17, 15) is 13.2 Å². The monoisotopic (exact) mass is 401 g/mol. The van der Waals surface area contributed by atoms with E-state index >= 15 is 0 Å². The molecule has 0 bridgehead atoms. The third kappa shape index (κ3) is 4.50. The van der Waals surface area contributed by atoms with Crippen molar-refractivity contribution in [2.75, 3.05) is 26.2 Å². The Kier molecular flexibility index (Phi) is 5.95. The van der Waals surface area contributed by atoms with Gasteiger partial charge in [-0.05, 0) is 98.6 Å². The molecule has 2 aromatic carbocycles.